The van der Waals surface area contributed by atoms with E-state index in [1.807, 2.05) is 12.4 Å². The second-order valence-electron chi connectivity index (χ2n) is 4.18. The largest absolute Gasteiger partial charge is 0.306 e. The molecule has 17 heavy (non-hydrogen) atoms. The zero-order valence-corrected chi connectivity index (χ0v) is 11.1. The van der Waals surface area contributed by atoms with Crippen molar-refractivity contribution in [3.8, 4) is 0 Å². The fraction of sp³-hybridized carbons (Fsp3) is 0.357. The number of aryl methyl sites for hydroxylation is 1. The van der Waals surface area contributed by atoms with Gasteiger partial charge in [-0.2, -0.15) is 11.3 Å². The zero-order valence-electron chi connectivity index (χ0n) is 10.3. The standard InChI is InChI=1S/C14H18N2S/c1-3-6-16-14(12-5-8-17-10-12)13-9-15-7-4-11(13)2/h4-5,7-10,14,16H,3,6H2,1-2H3. The van der Waals surface area contributed by atoms with Crippen LogP contribution in [0.2, 0.25) is 0 Å². The summed E-state index contributed by atoms with van der Waals surface area (Å²) in [6, 6.07) is 4.53. The molecule has 0 aliphatic rings. The van der Waals surface area contributed by atoms with Crippen molar-refractivity contribution in [3.63, 3.8) is 0 Å². The van der Waals surface area contributed by atoms with Gasteiger partial charge in [0.1, 0.15) is 0 Å². The van der Waals surface area contributed by atoms with Gasteiger partial charge in [-0.15, -0.1) is 0 Å². The minimum absolute atomic E-state index is 0.273. The zero-order chi connectivity index (χ0) is 12.1. The molecule has 0 saturated heterocycles. The van der Waals surface area contributed by atoms with E-state index in [-0.39, 0.29) is 6.04 Å². The molecule has 1 atom stereocenters. The molecule has 90 valence electrons. The Balaban J connectivity index is 2.30. The van der Waals surface area contributed by atoms with Gasteiger partial charge in [0.15, 0.2) is 0 Å². The van der Waals surface area contributed by atoms with Crippen LogP contribution in [0.15, 0.2) is 35.3 Å². The molecule has 1 unspecified atom stereocenters. The van der Waals surface area contributed by atoms with Crippen LogP contribution in [0, 0.1) is 6.92 Å². The average molecular weight is 246 g/mol. The predicted molar refractivity (Wildman–Crippen MR) is 73.4 cm³/mol. The molecule has 2 rings (SSSR count). The van der Waals surface area contributed by atoms with Crippen molar-refractivity contribution in [2.45, 2.75) is 26.3 Å². The second kappa shape index (κ2) is 5.94. The van der Waals surface area contributed by atoms with Gasteiger partial charge < -0.3 is 5.32 Å². The monoisotopic (exact) mass is 246 g/mol. The molecule has 0 spiro atoms. The molecule has 0 aliphatic carbocycles. The maximum Gasteiger partial charge on any atom is 0.0602 e. The molecule has 0 saturated carbocycles. The van der Waals surface area contributed by atoms with Crippen molar-refractivity contribution < 1.29 is 0 Å². The number of nitrogens with one attached hydrogen (secondary N) is 1. The van der Waals surface area contributed by atoms with Crippen molar-refractivity contribution in [3.05, 3.63) is 52.0 Å². The van der Waals surface area contributed by atoms with Gasteiger partial charge in [0.2, 0.25) is 0 Å². The van der Waals surface area contributed by atoms with E-state index in [0.717, 1.165) is 13.0 Å². The third-order valence-corrected chi connectivity index (χ3v) is 3.57. The van der Waals surface area contributed by atoms with Gasteiger partial charge in [0.25, 0.3) is 0 Å². The smallest absolute Gasteiger partial charge is 0.0602 e. The maximum absolute atomic E-state index is 4.25. The first kappa shape index (κ1) is 12.3. The molecule has 2 nitrogen and oxygen atoms in total. The van der Waals surface area contributed by atoms with Gasteiger partial charge in [-0.3, -0.25) is 4.98 Å². The number of pyridine rings is 1. The van der Waals surface area contributed by atoms with E-state index >= 15 is 0 Å². The molecule has 1 N–H and O–H groups in total. The van der Waals surface area contributed by atoms with Crippen molar-refractivity contribution in [2.24, 2.45) is 0 Å². The van der Waals surface area contributed by atoms with Crippen molar-refractivity contribution in [2.75, 3.05) is 6.54 Å². The fourth-order valence-electron chi connectivity index (χ4n) is 1.91. The van der Waals surface area contributed by atoms with Gasteiger partial charge in [0, 0.05) is 12.4 Å². The topological polar surface area (TPSA) is 24.9 Å². The first-order valence-electron chi connectivity index (χ1n) is 5.99. The van der Waals surface area contributed by atoms with Crippen LogP contribution in [0.5, 0.6) is 0 Å². The van der Waals surface area contributed by atoms with E-state index in [1.54, 1.807) is 11.3 Å². The minimum Gasteiger partial charge on any atom is -0.306 e. The molecule has 0 radical (unpaired) electrons. The Kier molecular flexibility index (Phi) is 4.29. The lowest BCUT2D eigenvalue weighted by molar-refractivity contribution is 0.596. The van der Waals surface area contributed by atoms with E-state index in [9.17, 15) is 0 Å². The average Bonchev–Trinajstić information content (AvgIpc) is 2.85. The summed E-state index contributed by atoms with van der Waals surface area (Å²) in [6.45, 7) is 5.35. The quantitative estimate of drug-likeness (QED) is 0.873. The molecule has 0 aliphatic heterocycles. The first-order chi connectivity index (χ1) is 8.33. The van der Waals surface area contributed by atoms with Crippen LogP contribution in [0.3, 0.4) is 0 Å². The summed E-state index contributed by atoms with van der Waals surface area (Å²) in [6.07, 6.45) is 4.96. The summed E-state index contributed by atoms with van der Waals surface area (Å²) in [4.78, 5) is 4.25. The minimum atomic E-state index is 0.273. The summed E-state index contributed by atoms with van der Waals surface area (Å²) in [5, 5.41) is 7.93. The third kappa shape index (κ3) is 2.93. The lowest BCUT2D eigenvalue weighted by Gasteiger charge is -2.19. The van der Waals surface area contributed by atoms with Crippen molar-refractivity contribution >= 4 is 11.3 Å². The molecule has 2 aromatic heterocycles. The SMILES string of the molecule is CCCNC(c1ccsc1)c1cnccc1C. The number of thiophene rings is 1. The Hall–Kier alpha value is -1.19. The maximum atomic E-state index is 4.25. The van der Waals surface area contributed by atoms with E-state index < -0.39 is 0 Å². The van der Waals surface area contributed by atoms with E-state index in [2.05, 4.69) is 47.0 Å². The number of hydrogen-bond donors (Lipinski definition) is 1. The van der Waals surface area contributed by atoms with Crippen molar-refractivity contribution in [1.82, 2.24) is 10.3 Å². The first-order valence-corrected chi connectivity index (χ1v) is 6.93. The molecule has 2 aromatic rings. The third-order valence-electron chi connectivity index (χ3n) is 2.87. The van der Waals surface area contributed by atoms with Gasteiger partial charge in [-0.25, -0.2) is 0 Å². The number of nitrogens with zero attached hydrogens (tertiary/aromatic N) is 1. The Morgan fingerprint density at radius 1 is 1.41 bits per heavy atom. The highest BCUT2D eigenvalue weighted by Crippen LogP contribution is 2.25. The van der Waals surface area contributed by atoms with Gasteiger partial charge >= 0.3 is 0 Å². The Bertz CT molecular complexity index is 451. The van der Waals surface area contributed by atoms with Crippen LogP contribution in [-0.4, -0.2) is 11.5 Å². The summed E-state index contributed by atoms with van der Waals surface area (Å²) in [5.41, 5.74) is 3.90. The highest BCUT2D eigenvalue weighted by atomic mass is 32.1. The highest BCUT2D eigenvalue weighted by molar-refractivity contribution is 7.08. The summed E-state index contributed by atoms with van der Waals surface area (Å²) < 4.78 is 0. The summed E-state index contributed by atoms with van der Waals surface area (Å²) >= 11 is 1.74. The molecule has 2 heterocycles. The Morgan fingerprint density at radius 3 is 2.94 bits per heavy atom. The lowest BCUT2D eigenvalue weighted by Crippen LogP contribution is -2.23. The predicted octanol–water partition coefficient (Wildman–Crippen LogP) is 3.54. The van der Waals surface area contributed by atoms with Crippen LogP contribution >= 0.6 is 11.3 Å². The fourth-order valence-corrected chi connectivity index (χ4v) is 2.60. The van der Waals surface area contributed by atoms with Crippen molar-refractivity contribution in [1.29, 1.82) is 0 Å². The summed E-state index contributed by atoms with van der Waals surface area (Å²) in [5.74, 6) is 0. The number of rotatable bonds is 5. The molecule has 0 bridgehead atoms. The lowest BCUT2D eigenvalue weighted by atomic mass is 9.99. The van der Waals surface area contributed by atoms with Gasteiger partial charge in [-0.1, -0.05) is 6.92 Å². The molecule has 0 amide bonds. The summed E-state index contributed by atoms with van der Waals surface area (Å²) in [7, 11) is 0. The Morgan fingerprint density at radius 2 is 2.29 bits per heavy atom. The van der Waals surface area contributed by atoms with Crippen LogP contribution in [0.4, 0.5) is 0 Å². The van der Waals surface area contributed by atoms with Crippen LogP contribution in [0.25, 0.3) is 0 Å². The Labute approximate surface area is 107 Å². The molecular weight excluding hydrogens is 228 g/mol. The number of hydrogen-bond acceptors (Lipinski definition) is 3. The molecular formula is C14H18N2S. The van der Waals surface area contributed by atoms with Crippen LogP contribution in [-0.2, 0) is 0 Å². The highest BCUT2D eigenvalue weighted by Gasteiger charge is 2.15. The molecule has 3 heteroatoms. The molecule has 0 aromatic carbocycles. The van der Waals surface area contributed by atoms with E-state index in [4.69, 9.17) is 0 Å². The number of aromatic nitrogens is 1. The van der Waals surface area contributed by atoms with Gasteiger partial charge in [0.05, 0.1) is 6.04 Å². The van der Waals surface area contributed by atoms with E-state index in [0.29, 0.717) is 0 Å². The molecule has 0 fully saturated rings. The normalized spacial score (nSPS) is 12.6. The van der Waals surface area contributed by atoms with Crippen LogP contribution < -0.4 is 5.32 Å². The second-order valence-corrected chi connectivity index (χ2v) is 4.96. The van der Waals surface area contributed by atoms with E-state index in [1.165, 1.54) is 16.7 Å². The van der Waals surface area contributed by atoms with Gasteiger partial charge in [-0.05, 0) is 59.5 Å². The van der Waals surface area contributed by atoms with Crippen LogP contribution in [0.1, 0.15) is 36.1 Å².